The van der Waals surface area contributed by atoms with Gasteiger partial charge in [-0.15, -0.1) is 0 Å². The first kappa shape index (κ1) is 22.4. The third-order valence-electron chi connectivity index (χ3n) is 4.41. The van der Waals surface area contributed by atoms with Gasteiger partial charge in [0.25, 0.3) is 0 Å². The molecular formula is C19H25N3O6S. The van der Waals surface area contributed by atoms with Gasteiger partial charge in [0, 0.05) is 33.0 Å². The predicted molar refractivity (Wildman–Crippen MR) is 107 cm³/mol. The Bertz CT molecular complexity index is 1100. The standard InChI is InChI=1S/C19H25N3O6S/c1-10-9-13(16(27-7)11(2)17(10)29(8,25)26)15(23)14-12(3)20-22(6)18(14)28-19(24)21(4)5/h9H,1-8H3. The SMILES string of the molecule is COc1c(C(=O)c2c(C)nn(C)c2OC(=O)N(C)C)cc(C)c(S(C)(=O)=O)c1C. The highest BCUT2D eigenvalue weighted by Crippen LogP contribution is 2.35. The first-order valence-corrected chi connectivity index (χ1v) is 10.6. The van der Waals surface area contributed by atoms with Crippen molar-refractivity contribution in [1.29, 1.82) is 0 Å². The van der Waals surface area contributed by atoms with E-state index in [1.165, 1.54) is 36.9 Å². The Morgan fingerprint density at radius 1 is 1.17 bits per heavy atom. The molecule has 0 atom stereocenters. The Kier molecular flexibility index (Phi) is 6.07. The molecule has 0 saturated carbocycles. The van der Waals surface area contributed by atoms with E-state index in [4.69, 9.17) is 9.47 Å². The molecular weight excluding hydrogens is 398 g/mol. The van der Waals surface area contributed by atoms with Gasteiger partial charge in [-0.1, -0.05) is 0 Å². The summed E-state index contributed by atoms with van der Waals surface area (Å²) < 4.78 is 36.4. The van der Waals surface area contributed by atoms with E-state index in [9.17, 15) is 18.0 Å². The topological polar surface area (TPSA) is 108 Å². The number of methoxy groups -OCH3 is 1. The molecule has 0 bridgehead atoms. The molecule has 158 valence electrons. The van der Waals surface area contributed by atoms with Crippen molar-refractivity contribution in [2.75, 3.05) is 27.5 Å². The Labute approximate surface area is 170 Å². The number of ketones is 1. The highest BCUT2D eigenvalue weighted by Gasteiger charge is 2.30. The monoisotopic (exact) mass is 423 g/mol. The van der Waals surface area contributed by atoms with E-state index in [0.29, 0.717) is 16.8 Å². The number of ether oxygens (including phenoxy) is 2. The Balaban J connectivity index is 2.73. The zero-order valence-corrected chi connectivity index (χ0v) is 18.6. The zero-order chi connectivity index (χ0) is 22.3. The molecule has 29 heavy (non-hydrogen) atoms. The fraction of sp³-hybridized carbons (Fsp3) is 0.421. The van der Waals surface area contributed by atoms with Gasteiger partial charge in [0.05, 0.1) is 23.3 Å². The van der Waals surface area contributed by atoms with Gasteiger partial charge >= 0.3 is 6.09 Å². The summed E-state index contributed by atoms with van der Waals surface area (Å²) in [7, 11) is 2.44. The van der Waals surface area contributed by atoms with Gasteiger partial charge in [-0.25, -0.2) is 17.9 Å². The lowest BCUT2D eigenvalue weighted by Gasteiger charge is -2.17. The lowest BCUT2D eigenvalue weighted by atomic mass is 9.98. The van der Waals surface area contributed by atoms with Gasteiger partial charge in [0.1, 0.15) is 11.3 Å². The lowest BCUT2D eigenvalue weighted by Crippen LogP contribution is -2.27. The lowest BCUT2D eigenvalue weighted by molar-refractivity contribution is 0.103. The molecule has 1 heterocycles. The van der Waals surface area contributed by atoms with Crippen molar-refractivity contribution in [3.8, 4) is 11.6 Å². The molecule has 0 saturated heterocycles. The van der Waals surface area contributed by atoms with Crippen LogP contribution in [0.25, 0.3) is 0 Å². The number of sulfone groups is 1. The van der Waals surface area contributed by atoms with Gasteiger partial charge in [0.15, 0.2) is 9.84 Å². The Morgan fingerprint density at radius 2 is 1.76 bits per heavy atom. The van der Waals surface area contributed by atoms with Crippen LogP contribution in [0.4, 0.5) is 4.79 Å². The van der Waals surface area contributed by atoms with Crippen molar-refractivity contribution in [3.63, 3.8) is 0 Å². The van der Waals surface area contributed by atoms with Gasteiger partial charge < -0.3 is 14.4 Å². The minimum atomic E-state index is -3.52. The molecule has 0 aliphatic heterocycles. The summed E-state index contributed by atoms with van der Waals surface area (Å²) in [5.41, 5.74) is 1.39. The summed E-state index contributed by atoms with van der Waals surface area (Å²) in [5.74, 6) is -0.342. The van der Waals surface area contributed by atoms with Crippen LogP contribution < -0.4 is 9.47 Å². The largest absolute Gasteiger partial charge is 0.496 e. The highest BCUT2D eigenvalue weighted by atomic mass is 32.2. The number of carbonyl (C=O) groups is 2. The van der Waals surface area contributed by atoms with Crippen LogP contribution in [-0.2, 0) is 16.9 Å². The number of benzene rings is 1. The second-order valence-corrected chi connectivity index (χ2v) is 8.93. The highest BCUT2D eigenvalue weighted by molar-refractivity contribution is 7.90. The van der Waals surface area contributed by atoms with Crippen LogP contribution in [-0.4, -0.2) is 62.4 Å². The molecule has 2 rings (SSSR count). The maximum Gasteiger partial charge on any atom is 0.416 e. The van der Waals surface area contributed by atoms with Crippen LogP contribution >= 0.6 is 0 Å². The van der Waals surface area contributed by atoms with Gasteiger partial charge in [0.2, 0.25) is 11.7 Å². The summed E-state index contributed by atoms with van der Waals surface area (Å²) >= 11 is 0. The molecule has 0 fully saturated rings. The summed E-state index contributed by atoms with van der Waals surface area (Å²) in [6.45, 7) is 4.82. The number of hydrogen-bond donors (Lipinski definition) is 0. The number of carbonyl (C=O) groups excluding carboxylic acids is 2. The molecule has 0 aliphatic carbocycles. The first-order chi connectivity index (χ1) is 13.3. The number of nitrogens with zero attached hydrogens (tertiary/aromatic N) is 3. The third-order valence-corrected chi connectivity index (χ3v) is 5.78. The van der Waals surface area contributed by atoms with Crippen molar-refractivity contribution in [2.45, 2.75) is 25.7 Å². The predicted octanol–water partition coefficient (Wildman–Crippen LogP) is 2.05. The Hall–Kier alpha value is -2.88. The summed E-state index contributed by atoms with van der Waals surface area (Å²) in [5, 5.41) is 4.19. The van der Waals surface area contributed by atoms with Crippen molar-refractivity contribution in [3.05, 3.63) is 34.0 Å². The molecule has 9 nitrogen and oxygen atoms in total. The molecule has 10 heteroatoms. The molecule has 0 radical (unpaired) electrons. The van der Waals surface area contributed by atoms with Crippen molar-refractivity contribution < 1.29 is 27.5 Å². The minimum absolute atomic E-state index is 0.00394. The van der Waals surface area contributed by atoms with Crippen LogP contribution in [0.1, 0.15) is 32.7 Å². The third kappa shape index (κ3) is 4.12. The van der Waals surface area contributed by atoms with E-state index in [2.05, 4.69) is 5.10 Å². The number of amides is 1. The molecule has 0 spiro atoms. The maximum absolute atomic E-state index is 13.4. The summed E-state index contributed by atoms with van der Waals surface area (Å²) in [6, 6.07) is 1.47. The zero-order valence-electron chi connectivity index (χ0n) is 17.8. The fourth-order valence-electron chi connectivity index (χ4n) is 3.27. The van der Waals surface area contributed by atoms with Crippen molar-refractivity contribution in [2.24, 2.45) is 7.05 Å². The Morgan fingerprint density at radius 3 is 2.24 bits per heavy atom. The summed E-state index contributed by atoms with van der Waals surface area (Å²) in [4.78, 5) is 26.8. The van der Waals surface area contributed by atoms with E-state index in [0.717, 1.165) is 6.26 Å². The average molecular weight is 423 g/mol. The number of rotatable bonds is 5. The number of aryl methyl sites for hydroxylation is 3. The van der Waals surface area contributed by atoms with Gasteiger partial charge in [-0.05, 0) is 32.4 Å². The van der Waals surface area contributed by atoms with Crippen molar-refractivity contribution >= 4 is 21.7 Å². The molecule has 2 aromatic rings. The van der Waals surface area contributed by atoms with E-state index >= 15 is 0 Å². The van der Waals surface area contributed by atoms with Crippen LogP contribution in [0.2, 0.25) is 0 Å². The molecule has 0 unspecified atom stereocenters. The fourth-order valence-corrected chi connectivity index (χ4v) is 4.57. The van der Waals surface area contributed by atoms with E-state index < -0.39 is 21.7 Å². The maximum atomic E-state index is 13.4. The normalized spacial score (nSPS) is 11.3. The van der Waals surface area contributed by atoms with Gasteiger partial charge in [-0.3, -0.25) is 4.79 Å². The van der Waals surface area contributed by atoms with Crippen LogP contribution in [0.3, 0.4) is 0 Å². The molecule has 1 aromatic carbocycles. The molecule has 1 amide bonds. The van der Waals surface area contributed by atoms with E-state index in [1.807, 2.05) is 0 Å². The van der Waals surface area contributed by atoms with Gasteiger partial charge in [-0.2, -0.15) is 5.10 Å². The summed E-state index contributed by atoms with van der Waals surface area (Å²) in [6.07, 6.45) is 0.446. The number of hydrogen-bond acceptors (Lipinski definition) is 7. The quantitative estimate of drug-likeness (QED) is 0.677. The van der Waals surface area contributed by atoms with Crippen LogP contribution in [0.5, 0.6) is 11.6 Å². The van der Waals surface area contributed by atoms with Crippen LogP contribution in [0, 0.1) is 20.8 Å². The van der Waals surface area contributed by atoms with Crippen LogP contribution in [0.15, 0.2) is 11.0 Å². The second kappa shape index (κ2) is 7.86. The minimum Gasteiger partial charge on any atom is -0.496 e. The van der Waals surface area contributed by atoms with Crippen molar-refractivity contribution in [1.82, 2.24) is 14.7 Å². The molecule has 0 aliphatic rings. The van der Waals surface area contributed by atoms with E-state index in [-0.39, 0.29) is 27.7 Å². The number of aromatic nitrogens is 2. The molecule has 1 aromatic heterocycles. The second-order valence-electron chi connectivity index (χ2n) is 6.98. The average Bonchev–Trinajstić information content (AvgIpc) is 2.85. The molecule has 0 N–H and O–H groups in total. The van der Waals surface area contributed by atoms with E-state index in [1.54, 1.807) is 27.8 Å². The first-order valence-electron chi connectivity index (χ1n) is 8.66. The smallest absolute Gasteiger partial charge is 0.416 e.